The molecule has 0 bridgehead atoms. The molecule has 6 N–H and O–H groups in total. The lowest BCUT2D eigenvalue weighted by Gasteiger charge is -2.23. The number of methoxy groups -OCH3 is 2. The highest BCUT2D eigenvalue weighted by molar-refractivity contribution is 7.86. The van der Waals surface area contributed by atoms with Gasteiger partial charge in [0.05, 0.1) is 14.2 Å². The molecule has 0 radical (unpaired) electrons. The third kappa shape index (κ3) is 4.76. The molecular weight excluding hydrogens is 488 g/mol. The van der Waals surface area contributed by atoms with Gasteiger partial charge in [-0.05, 0) is 30.3 Å². The van der Waals surface area contributed by atoms with E-state index in [4.69, 9.17) is 18.7 Å². The zero-order valence-corrected chi connectivity index (χ0v) is 19.0. The highest BCUT2D eigenvalue weighted by atomic mass is 32.2. The van der Waals surface area contributed by atoms with Crippen molar-refractivity contribution >= 4 is 27.8 Å². The number of rotatable bonds is 9. The normalized spacial score (nSPS) is 13.0. The second-order valence-electron chi connectivity index (χ2n) is 7.00. The van der Waals surface area contributed by atoms with Crippen LogP contribution >= 0.6 is 0 Å². The van der Waals surface area contributed by atoms with Gasteiger partial charge >= 0.3 is 6.16 Å². The van der Waals surface area contributed by atoms with Crippen molar-refractivity contribution in [1.82, 2.24) is 14.9 Å². The monoisotopic (exact) mass is 508 g/mol. The zero-order valence-electron chi connectivity index (χ0n) is 18.1. The number of nitrogens with zero attached hydrogens (tertiary/aromatic N) is 3. The van der Waals surface area contributed by atoms with Crippen molar-refractivity contribution < 1.29 is 48.5 Å². The summed E-state index contributed by atoms with van der Waals surface area (Å²) >= 11 is 0. The van der Waals surface area contributed by atoms with Gasteiger partial charge in [-0.25, -0.2) is 8.89 Å². The minimum Gasteiger partial charge on any atom is -0.495 e. The van der Waals surface area contributed by atoms with Crippen LogP contribution in [0.4, 0.5) is 5.82 Å². The number of aromatic nitrogens is 3. The van der Waals surface area contributed by atoms with E-state index in [9.17, 15) is 29.7 Å². The molecule has 35 heavy (non-hydrogen) atoms. The van der Waals surface area contributed by atoms with Crippen LogP contribution < -0.4 is 18.9 Å². The maximum atomic E-state index is 13.2. The van der Waals surface area contributed by atoms with Gasteiger partial charge in [0.15, 0.2) is 22.4 Å². The highest BCUT2D eigenvalue weighted by Crippen LogP contribution is 2.39. The minimum absolute atomic E-state index is 0.117. The van der Waals surface area contributed by atoms with Crippen molar-refractivity contribution in [3.8, 4) is 17.2 Å². The molecule has 4 rings (SSSR count). The van der Waals surface area contributed by atoms with Gasteiger partial charge in [-0.1, -0.05) is 11.2 Å². The van der Waals surface area contributed by atoms with Gasteiger partial charge in [0.2, 0.25) is 0 Å². The number of nitrogens with one attached hydrogen (secondary N) is 1. The summed E-state index contributed by atoms with van der Waals surface area (Å²) in [6.45, 7) is 0. The van der Waals surface area contributed by atoms with Crippen molar-refractivity contribution in [3.63, 3.8) is 0 Å². The first kappa shape index (κ1) is 24.4. The van der Waals surface area contributed by atoms with E-state index < -0.39 is 28.8 Å². The summed E-state index contributed by atoms with van der Waals surface area (Å²) in [5, 5.41) is 56.9. The Morgan fingerprint density at radius 2 is 1.71 bits per heavy atom. The lowest BCUT2D eigenvalue weighted by atomic mass is 10.1. The van der Waals surface area contributed by atoms with E-state index in [-0.39, 0.29) is 38.7 Å². The van der Waals surface area contributed by atoms with Crippen molar-refractivity contribution in [2.75, 3.05) is 18.9 Å². The SMILES string of the molecule is COc1cccc(OC)c1S(=O)Nc1noc2cc(C(O)(O)n3cccn3)cc(OC(O)(O)O)c12. The van der Waals surface area contributed by atoms with E-state index in [0.29, 0.717) is 0 Å². The largest absolute Gasteiger partial charge is 0.495 e. The molecule has 1 unspecified atom stereocenters. The van der Waals surface area contributed by atoms with Crippen LogP contribution in [0.5, 0.6) is 17.2 Å². The van der Waals surface area contributed by atoms with Crippen molar-refractivity contribution in [2.24, 2.45) is 0 Å². The smallest absolute Gasteiger partial charge is 0.453 e. The first-order valence-corrected chi connectivity index (χ1v) is 10.8. The Hall–Kier alpha value is -3.73. The minimum atomic E-state index is -3.66. The van der Waals surface area contributed by atoms with Gasteiger partial charge in [0.25, 0.3) is 5.91 Å². The summed E-state index contributed by atoms with van der Waals surface area (Å²) in [6, 6.07) is 8.33. The van der Waals surface area contributed by atoms with Crippen LogP contribution in [0.2, 0.25) is 0 Å². The first-order chi connectivity index (χ1) is 16.5. The standard InChI is InChI=1S/C20H20N4O10S/c1-31-12-5-3-6-13(32-2)17(12)35(30)23-18-16-14(33-20(27,28)29)9-11(10-15(16)34-22-18)19(25,26)24-8-4-7-21-24/h3-10,25-29H,1-2H3,(H,22,23). The molecule has 14 nitrogen and oxygen atoms in total. The fourth-order valence-corrected chi connectivity index (χ4v) is 4.34. The number of anilines is 1. The van der Waals surface area contributed by atoms with Gasteiger partial charge < -0.3 is 44.3 Å². The van der Waals surface area contributed by atoms with E-state index in [0.717, 1.165) is 16.8 Å². The molecule has 186 valence electrons. The molecule has 2 aromatic carbocycles. The van der Waals surface area contributed by atoms with E-state index >= 15 is 0 Å². The predicted octanol–water partition coefficient (Wildman–Crippen LogP) is -0.214. The number of hydrogen-bond acceptors (Lipinski definition) is 12. The lowest BCUT2D eigenvalue weighted by Crippen LogP contribution is -2.36. The lowest BCUT2D eigenvalue weighted by molar-refractivity contribution is -0.419. The van der Waals surface area contributed by atoms with Gasteiger partial charge in [-0.3, -0.25) is 4.72 Å². The molecule has 2 aromatic heterocycles. The van der Waals surface area contributed by atoms with Crippen LogP contribution in [0.25, 0.3) is 11.0 Å². The Balaban J connectivity index is 1.82. The third-order valence-corrected chi connectivity index (χ3v) is 5.91. The molecule has 0 amide bonds. The molecule has 0 aliphatic carbocycles. The molecule has 0 saturated carbocycles. The average Bonchev–Trinajstić information content (AvgIpc) is 3.48. The summed E-state index contributed by atoms with van der Waals surface area (Å²) in [7, 11) is 0.716. The summed E-state index contributed by atoms with van der Waals surface area (Å²) in [5.74, 6) is -2.97. The molecule has 0 aliphatic heterocycles. The Kier molecular flexibility index (Phi) is 6.37. The van der Waals surface area contributed by atoms with Crippen LogP contribution in [0.3, 0.4) is 0 Å². The quantitative estimate of drug-likeness (QED) is 0.163. The fraction of sp³-hybridized carbons (Fsp3) is 0.200. The maximum absolute atomic E-state index is 13.2. The Morgan fingerprint density at radius 1 is 1.03 bits per heavy atom. The molecule has 2 heterocycles. The van der Waals surface area contributed by atoms with E-state index in [1.165, 1.54) is 32.7 Å². The first-order valence-electron chi connectivity index (χ1n) is 9.69. The molecule has 0 saturated heterocycles. The van der Waals surface area contributed by atoms with Gasteiger partial charge in [-0.2, -0.15) is 5.10 Å². The maximum Gasteiger partial charge on any atom is 0.453 e. The average molecular weight is 508 g/mol. The highest BCUT2D eigenvalue weighted by Gasteiger charge is 2.34. The second kappa shape index (κ2) is 9.14. The van der Waals surface area contributed by atoms with Crippen molar-refractivity contribution in [3.05, 3.63) is 54.4 Å². The number of aliphatic hydroxyl groups is 5. The van der Waals surface area contributed by atoms with Crippen LogP contribution in [-0.4, -0.2) is 65.1 Å². The Bertz CT molecular complexity index is 1340. The van der Waals surface area contributed by atoms with Crippen molar-refractivity contribution in [2.45, 2.75) is 17.0 Å². The number of ether oxygens (including phenoxy) is 3. The Labute approximate surface area is 199 Å². The molecule has 0 spiro atoms. The second-order valence-corrected chi connectivity index (χ2v) is 8.15. The molecule has 1 atom stereocenters. The molecule has 0 fully saturated rings. The predicted molar refractivity (Wildman–Crippen MR) is 117 cm³/mol. The topological polar surface area (TPSA) is 202 Å². The number of hydrogen-bond donors (Lipinski definition) is 6. The molecule has 15 heteroatoms. The molecular formula is C20H20N4O10S. The van der Waals surface area contributed by atoms with Gasteiger partial charge in [0.1, 0.15) is 27.5 Å². The van der Waals surface area contributed by atoms with Gasteiger partial charge in [-0.15, -0.1) is 0 Å². The zero-order chi connectivity index (χ0) is 25.4. The van der Waals surface area contributed by atoms with Crippen LogP contribution in [0.15, 0.2) is 58.2 Å². The number of fused-ring (bicyclic) bond motifs is 1. The summed E-state index contributed by atoms with van der Waals surface area (Å²) in [6.07, 6.45) is -1.10. The van der Waals surface area contributed by atoms with Crippen LogP contribution in [-0.2, 0) is 16.9 Å². The molecule has 4 aromatic rings. The van der Waals surface area contributed by atoms with E-state index in [1.54, 1.807) is 18.2 Å². The summed E-state index contributed by atoms with van der Waals surface area (Å²) in [5.41, 5.74) is -0.462. The Morgan fingerprint density at radius 3 is 2.29 bits per heavy atom. The summed E-state index contributed by atoms with van der Waals surface area (Å²) in [4.78, 5) is 0.136. The van der Waals surface area contributed by atoms with E-state index in [1.807, 2.05) is 0 Å². The van der Waals surface area contributed by atoms with Crippen LogP contribution in [0, 0.1) is 0 Å². The van der Waals surface area contributed by atoms with Gasteiger partial charge in [0, 0.05) is 18.0 Å². The van der Waals surface area contributed by atoms with Crippen LogP contribution in [0.1, 0.15) is 5.56 Å². The van der Waals surface area contributed by atoms with E-state index in [2.05, 4.69) is 15.0 Å². The molecule has 0 aliphatic rings. The third-order valence-electron chi connectivity index (χ3n) is 4.75. The van der Waals surface area contributed by atoms with Crippen molar-refractivity contribution in [1.29, 1.82) is 0 Å². The summed E-state index contributed by atoms with van der Waals surface area (Å²) < 4.78 is 37.0. The number of benzene rings is 2. The fourth-order valence-electron chi connectivity index (χ4n) is 3.25.